The van der Waals surface area contributed by atoms with E-state index in [4.69, 9.17) is 10.2 Å². The van der Waals surface area contributed by atoms with Gasteiger partial charge in [-0.3, -0.25) is 0 Å². The molecule has 0 aromatic rings. The summed E-state index contributed by atoms with van der Waals surface area (Å²) in [6.45, 7) is 20.6. The summed E-state index contributed by atoms with van der Waals surface area (Å²) >= 11 is 0. The molecular weight excluding hydrogens is 242 g/mol. The van der Waals surface area contributed by atoms with Crippen LogP contribution in [0.15, 0.2) is 0 Å². The molecule has 0 fully saturated rings. The first kappa shape index (κ1) is 17.4. The number of nitrogens with two attached hydrogens (primary N) is 1. The third-order valence-corrected chi connectivity index (χ3v) is 20.0. The second-order valence-electron chi connectivity index (χ2n) is 7.69. The van der Waals surface area contributed by atoms with Crippen LogP contribution in [0.2, 0.25) is 18.1 Å². The van der Waals surface area contributed by atoms with E-state index < -0.39 is 16.1 Å². The third-order valence-electron chi connectivity index (χ3n) is 3.99. The second-order valence-corrected chi connectivity index (χ2v) is 20.6. The minimum absolute atomic E-state index is 0.0564. The molecule has 0 radical (unpaired) electrons. The summed E-state index contributed by atoms with van der Waals surface area (Å²) in [5.41, 5.74) is 6.61. The van der Waals surface area contributed by atoms with Gasteiger partial charge >= 0.3 is 0 Å². The summed E-state index contributed by atoms with van der Waals surface area (Å²) in [6, 6.07) is 0. The second kappa shape index (κ2) is 5.55. The van der Waals surface area contributed by atoms with Gasteiger partial charge in [0, 0.05) is 11.3 Å². The van der Waals surface area contributed by atoms with Crippen LogP contribution < -0.4 is 5.73 Å². The fourth-order valence-corrected chi connectivity index (χ4v) is 13.8. The molecule has 2 N–H and O–H groups in total. The predicted molar refractivity (Wildman–Crippen MR) is 83.5 cm³/mol. The first-order chi connectivity index (χ1) is 7.33. The number of hydrogen-bond donors (Lipinski definition) is 1. The van der Waals surface area contributed by atoms with Gasteiger partial charge in [-0.2, -0.15) is 0 Å². The Morgan fingerprint density at radius 2 is 1.53 bits per heavy atom. The molecule has 2 atom stereocenters. The molecule has 0 bridgehead atoms. The Morgan fingerprint density at radius 1 is 1.12 bits per heavy atom. The molecule has 0 amide bonds. The largest absolute Gasteiger partial charge is 0.417 e. The fraction of sp³-hybridized carbons (Fsp3) is 1.00. The van der Waals surface area contributed by atoms with Crippen molar-refractivity contribution >= 4 is 16.1 Å². The van der Waals surface area contributed by atoms with Gasteiger partial charge in [-0.05, 0) is 32.2 Å². The topological polar surface area (TPSA) is 35.2 Å². The van der Waals surface area contributed by atoms with Crippen LogP contribution in [0, 0.1) is 0 Å². The van der Waals surface area contributed by atoms with Gasteiger partial charge in [-0.25, -0.2) is 0 Å². The van der Waals surface area contributed by atoms with Crippen molar-refractivity contribution in [1.29, 1.82) is 0 Å². The molecule has 0 aromatic heterocycles. The van der Waals surface area contributed by atoms with Crippen LogP contribution in [0.5, 0.6) is 0 Å². The molecule has 0 aliphatic rings. The van der Waals surface area contributed by atoms with Crippen molar-refractivity contribution in [2.24, 2.45) is 5.73 Å². The summed E-state index contributed by atoms with van der Waals surface area (Å²) in [6.07, 6.45) is 1.04. The number of rotatable bonds is 4. The molecular formula is C13H33NOSi2. The summed E-state index contributed by atoms with van der Waals surface area (Å²) in [5, 5.41) is 0.363. The van der Waals surface area contributed by atoms with Crippen molar-refractivity contribution in [1.82, 2.24) is 0 Å². The lowest BCUT2D eigenvalue weighted by atomic mass is 10.2. The fourth-order valence-electron chi connectivity index (χ4n) is 1.79. The molecule has 2 unspecified atom stereocenters. The Labute approximate surface area is 111 Å². The molecule has 0 heterocycles. The molecule has 0 saturated carbocycles. The maximum Gasteiger partial charge on any atom is 0.182 e. The molecule has 104 valence electrons. The average Bonchev–Trinajstić information content (AvgIpc) is 2.09. The molecule has 0 saturated heterocycles. The van der Waals surface area contributed by atoms with Gasteiger partial charge in [0.15, 0.2) is 8.56 Å². The van der Waals surface area contributed by atoms with E-state index in [0.717, 1.165) is 6.42 Å². The van der Waals surface area contributed by atoms with Crippen molar-refractivity contribution in [3.8, 4) is 0 Å². The Balaban J connectivity index is 5.19. The van der Waals surface area contributed by atoms with Crippen LogP contribution >= 0.6 is 0 Å². The molecule has 17 heavy (non-hydrogen) atoms. The maximum absolute atomic E-state index is 6.46. The first-order valence-electron chi connectivity index (χ1n) is 6.76. The monoisotopic (exact) mass is 275 g/mol. The van der Waals surface area contributed by atoms with E-state index in [1.54, 1.807) is 0 Å². The van der Waals surface area contributed by atoms with E-state index in [1.807, 2.05) is 0 Å². The molecule has 0 aliphatic carbocycles. The minimum atomic E-state index is -1.44. The van der Waals surface area contributed by atoms with Gasteiger partial charge < -0.3 is 10.2 Å². The molecule has 2 nitrogen and oxygen atoms in total. The highest BCUT2D eigenvalue weighted by atomic mass is 29.2. The highest BCUT2D eigenvalue weighted by Crippen LogP contribution is 2.39. The zero-order chi connectivity index (χ0) is 14.1. The van der Waals surface area contributed by atoms with Gasteiger partial charge in [-0.15, -0.1) is 0 Å². The van der Waals surface area contributed by atoms with Crippen molar-refractivity contribution in [3.05, 3.63) is 0 Å². The van der Waals surface area contributed by atoms with Crippen molar-refractivity contribution in [2.45, 2.75) is 84.3 Å². The van der Waals surface area contributed by atoms with E-state index >= 15 is 0 Å². The quantitative estimate of drug-likeness (QED) is 0.798. The zero-order valence-electron chi connectivity index (χ0n) is 13.3. The first-order valence-corrected chi connectivity index (χ1v) is 12.7. The van der Waals surface area contributed by atoms with Crippen LogP contribution in [0.1, 0.15) is 54.9 Å². The number of hydrogen-bond acceptors (Lipinski definition) is 2. The standard InChI is InChI=1S/C13H33NOSi2/c1-10-11(14)16(15-12(2,3)4)17(8,9)13(5,6)7/h11,16H,10,14H2,1-9H3. The highest BCUT2D eigenvalue weighted by molar-refractivity contribution is 7.31. The van der Waals surface area contributed by atoms with E-state index in [0.29, 0.717) is 5.04 Å². The van der Waals surface area contributed by atoms with Crippen LogP contribution in [-0.4, -0.2) is 27.4 Å². The van der Waals surface area contributed by atoms with Crippen LogP contribution in [0.4, 0.5) is 0 Å². The summed E-state index contributed by atoms with van der Waals surface area (Å²) in [7, 11) is -2.81. The summed E-state index contributed by atoms with van der Waals surface area (Å²) in [4.78, 5) is 0. The summed E-state index contributed by atoms with van der Waals surface area (Å²) < 4.78 is 6.46. The van der Waals surface area contributed by atoms with Crippen LogP contribution in [0.25, 0.3) is 0 Å². The molecule has 0 spiro atoms. The Hall–Kier alpha value is 0.354. The molecule has 4 heteroatoms. The van der Waals surface area contributed by atoms with E-state index in [1.165, 1.54) is 0 Å². The van der Waals surface area contributed by atoms with Gasteiger partial charge in [0.1, 0.15) is 0 Å². The van der Waals surface area contributed by atoms with Gasteiger partial charge in [0.05, 0.1) is 7.59 Å². The van der Waals surface area contributed by atoms with E-state index in [9.17, 15) is 0 Å². The Kier molecular flexibility index (Phi) is 5.67. The van der Waals surface area contributed by atoms with Gasteiger partial charge in [0.2, 0.25) is 0 Å². The highest BCUT2D eigenvalue weighted by Gasteiger charge is 2.48. The average molecular weight is 276 g/mol. The Bertz CT molecular complexity index is 241. The van der Waals surface area contributed by atoms with Crippen molar-refractivity contribution in [2.75, 3.05) is 0 Å². The lowest BCUT2D eigenvalue weighted by molar-refractivity contribution is 0.130. The normalized spacial score (nSPS) is 18.0. The van der Waals surface area contributed by atoms with Crippen molar-refractivity contribution in [3.63, 3.8) is 0 Å². The third kappa shape index (κ3) is 4.85. The minimum Gasteiger partial charge on any atom is -0.417 e. The lowest BCUT2D eigenvalue weighted by Gasteiger charge is -2.46. The van der Waals surface area contributed by atoms with Crippen molar-refractivity contribution < 1.29 is 4.43 Å². The van der Waals surface area contributed by atoms with E-state index in [-0.39, 0.29) is 11.3 Å². The molecule has 0 rings (SSSR count). The lowest BCUT2D eigenvalue weighted by Crippen LogP contribution is -2.64. The molecule has 0 aromatic carbocycles. The summed E-state index contributed by atoms with van der Waals surface area (Å²) in [5.74, 6) is 0. The SMILES string of the molecule is CCC(N)[SiH](OC(C)(C)C)[Si](C)(C)C(C)(C)C. The smallest absolute Gasteiger partial charge is 0.182 e. The van der Waals surface area contributed by atoms with Gasteiger partial charge in [0.25, 0.3) is 0 Å². The van der Waals surface area contributed by atoms with Gasteiger partial charge in [-0.1, -0.05) is 40.8 Å². The maximum atomic E-state index is 6.46. The van der Waals surface area contributed by atoms with Crippen LogP contribution in [0.3, 0.4) is 0 Å². The predicted octanol–water partition coefficient (Wildman–Crippen LogP) is 3.39. The van der Waals surface area contributed by atoms with E-state index in [2.05, 4.69) is 61.6 Å². The van der Waals surface area contributed by atoms with Crippen LogP contribution in [-0.2, 0) is 4.43 Å². The Morgan fingerprint density at radius 3 is 1.76 bits per heavy atom. The zero-order valence-corrected chi connectivity index (χ0v) is 15.5. The molecule has 0 aliphatic heterocycles.